The molecule has 5 nitrogen and oxygen atoms in total. The maximum absolute atomic E-state index is 12.6. The van der Waals surface area contributed by atoms with Crippen LogP contribution in [0.1, 0.15) is 74.2 Å². The van der Waals surface area contributed by atoms with Gasteiger partial charge in [0.1, 0.15) is 6.61 Å². The third-order valence-corrected chi connectivity index (χ3v) is 5.59. The van der Waals surface area contributed by atoms with Crippen molar-refractivity contribution in [3.63, 3.8) is 0 Å². The molecule has 170 valence electrons. The van der Waals surface area contributed by atoms with E-state index in [0.717, 1.165) is 18.4 Å². The number of aromatic nitrogens is 1. The van der Waals surface area contributed by atoms with Crippen LogP contribution in [0, 0.1) is 0 Å². The van der Waals surface area contributed by atoms with Crippen molar-refractivity contribution in [2.75, 3.05) is 6.61 Å². The van der Waals surface area contributed by atoms with Crippen molar-refractivity contribution in [3.05, 3.63) is 71.9 Å². The zero-order valence-corrected chi connectivity index (χ0v) is 18.9. The number of hydrogen-bond donors (Lipinski definition) is 0. The minimum absolute atomic E-state index is 0.194. The molecule has 0 saturated heterocycles. The van der Waals surface area contributed by atoms with Crippen LogP contribution in [-0.4, -0.2) is 23.2 Å². The van der Waals surface area contributed by atoms with Gasteiger partial charge in [0.2, 0.25) is 0 Å². The summed E-state index contributed by atoms with van der Waals surface area (Å²) in [6, 6.07) is 16.6. The quantitative estimate of drug-likeness (QED) is 0.224. The van der Waals surface area contributed by atoms with Gasteiger partial charge in [-0.3, -0.25) is 4.57 Å². The molecule has 0 bridgehead atoms. The van der Waals surface area contributed by atoms with E-state index >= 15 is 0 Å². The molecule has 0 aliphatic carbocycles. The van der Waals surface area contributed by atoms with Crippen LogP contribution in [0.5, 0.6) is 0 Å². The smallest absolute Gasteiger partial charge is 0.418 e. The molecule has 0 fully saturated rings. The predicted octanol–water partition coefficient (Wildman–Crippen LogP) is 7.12. The number of nitrogens with zero attached hydrogens (tertiary/aromatic N) is 1. The van der Waals surface area contributed by atoms with Crippen molar-refractivity contribution in [1.82, 2.24) is 4.57 Å². The van der Waals surface area contributed by atoms with Gasteiger partial charge in [-0.15, -0.1) is 0 Å². The van der Waals surface area contributed by atoms with Gasteiger partial charge in [0.15, 0.2) is 0 Å². The van der Waals surface area contributed by atoms with Crippen LogP contribution in [0.25, 0.3) is 10.9 Å². The molecular formula is C27H33NO4. The average molecular weight is 436 g/mol. The molecule has 0 radical (unpaired) electrons. The van der Waals surface area contributed by atoms with Crippen LogP contribution in [0.4, 0.5) is 4.79 Å². The second-order valence-corrected chi connectivity index (χ2v) is 8.08. The Morgan fingerprint density at radius 1 is 0.781 bits per heavy atom. The number of carbonyl (C=O) groups excluding carboxylic acids is 2. The molecule has 1 aromatic heterocycles. The number of hydrogen-bond acceptors (Lipinski definition) is 4. The standard InChI is InChI=1S/C27H33NO4/c1-2-3-4-5-6-7-8-12-20-31-26(29)24-16-13-17-25-23(24)18-19-28(25)27(30)32-21-22-14-10-9-11-15-22/h9-11,13-19H,2-8,12,20-21H2,1H3. The average Bonchev–Trinajstić information content (AvgIpc) is 3.26. The second kappa shape index (κ2) is 12.7. The highest BCUT2D eigenvalue weighted by molar-refractivity contribution is 6.05. The molecular weight excluding hydrogens is 402 g/mol. The number of rotatable bonds is 12. The molecule has 0 unspecified atom stereocenters. The zero-order valence-electron chi connectivity index (χ0n) is 18.9. The third kappa shape index (κ3) is 6.71. The maximum Gasteiger partial charge on any atom is 0.418 e. The van der Waals surface area contributed by atoms with Crippen molar-refractivity contribution in [3.8, 4) is 0 Å². The molecule has 0 saturated carbocycles. The summed E-state index contributed by atoms with van der Waals surface area (Å²) < 4.78 is 12.3. The number of carbonyl (C=O) groups is 2. The van der Waals surface area contributed by atoms with E-state index in [1.165, 1.54) is 43.1 Å². The minimum Gasteiger partial charge on any atom is -0.462 e. The molecule has 3 aromatic rings. The summed E-state index contributed by atoms with van der Waals surface area (Å²) in [7, 11) is 0. The first-order valence-corrected chi connectivity index (χ1v) is 11.7. The SMILES string of the molecule is CCCCCCCCCCOC(=O)c1cccc2c1ccn2C(=O)OCc1ccccc1. The van der Waals surface area contributed by atoms with Crippen molar-refractivity contribution in [1.29, 1.82) is 0 Å². The van der Waals surface area contributed by atoms with Gasteiger partial charge in [-0.1, -0.05) is 88.3 Å². The first kappa shape index (κ1) is 23.6. The lowest BCUT2D eigenvalue weighted by Gasteiger charge is -2.08. The highest BCUT2D eigenvalue weighted by Gasteiger charge is 2.16. The lowest BCUT2D eigenvalue weighted by atomic mass is 10.1. The van der Waals surface area contributed by atoms with Crippen LogP contribution < -0.4 is 0 Å². The van der Waals surface area contributed by atoms with Gasteiger partial charge in [0, 0.05) is 11.6 Å². The number of ether oxygens (including phenoxy) is 2. The Labute approximate surface area is 190 Å². The molecule has 0 spiro atoms. The highest BCUT2D eigenvalue weighted by atomic mass is 16.5. The van der Waals surface area contributed by atoms with E-state index in [2.05, 4.69) is 6.92 Å². The number of esters is 1. The van der Waals surface area contributed by atoms with Crippen LogP contribution in [0.2, 0.25) is 0 Å². The van der Waals surface area contributed by atoms with Gasteiger partial charge < -0.3 is 9.47 Å². The zero-order chi connectivity index (χ0) is 22.6. The van der Waals surface area contributed by atoms with E-state index in [9.17, 15) is 9.59 Å². The number of benzene rings is 2. The Morgan fingerprint density at radius 3 is 2.25 bits per heavy atom. The lowest BCUT2D eigenvalue weighted by molar-refractivity contribution is 0.0500. The van der Waals surface area contributed by atoms with Gasteiger partial charge in [0.25, 0.3) is 0 Å². The molecule has 0 N–H and O–H groups in total. The summed E-state index contributed by atoms with van der Waals surface area (Å²) in [6.45, 7) is 2.84. The van der Waals surface area contributed by atoms with Gasteiger partial charge in [-0.2, -0.15) is 0 Å². The Morgan fingerprint density at radius 2 is 1.50 bits per heavy atom. The Kier molecular flexibility index (Phi) is 9.36. The fourth-order valence-corrected chi connectivity index (χ4v) is 3.77. The molecule has 0 aliphatic heterocycles. The lowest BCUT2D eigenvalue weighted by Crippen LogP contribution is -2.12. The summed E-state index contributed by atoms with van der Waals surface area (Å²) in [5, 5.41) is 0.685. The van der Waals surface area contributed by atoms with Gasteiger partial charge in [0.05, 0.1) is 17.7 Å². The van der Waals surface area contributed by atoms with Crippen LogP contribution >= 0.6 is 0 Å². The third-order valence-electron chi connectivity index (χ3n) is 5.59. The highest BCUT2D eigenvalue weighted by Crippen LogP contribution is 2.22. The van der Waals surface area contributed by atoms with Crippen LogP contribution in [-0.2, 0) is 16.1 Å². The molecule has 2 aromatic carbocycles. The minimum atomic E-state index is -0.478. The Bertz CT molecular complexity index is 993. The summed E-state index contributed by atoms with van der Waals surface area (Å²) in [5.41, 5.74) is 2.02. The van der Waals surface area contributed by atoms with Gasteiger partial charge in [-0.25, -0.2) is 9.59 Å². The molecule has 3 rings (SSSR count). The molecule has 0 atom stereocenters. The van der Waals surface area contributed by atoms with Gasteiger partial charge >= 0.3 is 12.1 Å². The van der Waals surface area contributed by atoms with Crippen molar-refractivity contribution < 1.29 is 19.1 Å². The molecule has 5 heteroatoms. The van der Waals surface area contributed by atoms with E-state index in [1.807, 2.05) is 30.3 Å². The van der Waals surface area contributed by atoms with Crippen molar-refractivity contribution >= 4 is 23.0 Å². The van der Waals surface area contributed by atoms with E-state index in [1.54, 1.807) is 30.5 Å². The van der Waals surface area contributed by atoms with E-state index in [0.29, 0.717) is 23.1 Å². The fourth-order valence-electron chi connectivity index (χ4n) is 3.77. The molecule has 0 aliphatic rings. The first-order valence-electron chi connectivity index (χ1n) is 11.7. The van der Waals surface area contributed by atoms with E-state index in [4.69, 9.17) is 9.47 Å². The summed E-state index contributed by atoms with van der Waals surface area (Å²) in [5.74, 6) is -0.353. The molecule has 0 amide bonds. The monoisotopic (exact) mass is 435 g/mol. The maximum atomic E-state index is 12.6. The van der Waals surface area contributed by atoms with Crippen molar-refractivity contribution in [2.24, 2.45) is 0 Å². The first-order chi connectivity index (χ1) is 15.7. The summed E-state index contributed by atoms with van der Waals surface area (Å²) >= 11 is 0. The normalized spacial score (nSPS) is 10.9. The Balaban J connectivity index is 1.50. The summed E-state index contributed by atoms with van der Waals surface area (Å²) in [6.07, 6.45) is 10.7. The summed E-state index contributed by atoms with van der Waals surface area (Å²) in [4.78, 5) is 25.2. The van der Waals surface area contributed by atoms with Gasteiger partial charge in [-0.05, 0) is 30.2 Å². The van der Waals surface area contributed by atoms with Crippen LogP contribution in [0.3, 0.4) is 0 Å². The van der Waals surface area contributed by atoms with Crippen LogP contribution in [0.15, 0.2) is 60.8 Å². The van der Waals surface area contributed by atoms with E-state index in [-0.39, 0.29) is 12.6 Å². The number of unbranched alkanes of at least 4 members (excludes halogenated alkanes) is 7. The number of fused-ring (bicyclic) bond motifs is 1. The Hall–Kier alpha value is -3.08. The second-order valence-electron chi connectivity index (χ2n) is 8.08. The molecule has 32 heavy (non-hydrogen) atoms. The van der Waals surface area contributed by atoms with E-state index < -0.39 is 6.09 Å². The topological polar surface area (TPSA) is 57.5 Å². The fraction of sp³-hybridized carbons (Fsp3) is 0.407. The predicted molar refractivity (Wildman–Crippen MR) is 127 cm³/mol. The van der Waals surface area contributed by atoms with Crippen molar-refractivity contribution in [2.45, 2.75) is 64.9 Å². The molecule has 1 heterocycles. The largest absolute Gasteiger partial charge is 0.462 e.